The van der Waals surface area contributed by atoms with Gasteiger partial charge in [-0.3, -0.25) is 4.98 Å². The summed E-state index contributed by atoms with van der Waals surface area (Å²) in [6, 6.07) is 1.87. The summed E-state index contributed by atoms with van der Waals surface area (Å²) in [6.07, 6.45) is 4.09. The molecule has 0 radical (unpaired) electrons. The molecular weight excluding hydrogens is 166 g/mol. The molecule has 4 heteroatoms. The Labute approximate surface area is 75.9 Å². The molecule has 0 bridgehead atoms. The molecule has 2 aromatic heterocycles. The number of hydrogen-bond acceptors (Lipinski definition) is 3. The van der Waals surface area contributed by atoms with Crippen molar-refractivity contribution in [2.24, 2.45) is 7.05 Å². The van der Waals surface area contributed by atoms with E-state index in [9.17, 15) is 0 Å². The number of fused-ring (bicyclic) bond motifs is 1. The Morgan fingerprint density at radius 3 is 3.08 bits per heavy atom. The van der Waals surface area contributed by atoms with Crippen molar-refractivity contribution >= 4 is 11.0 Å². The summed E-state index contributed by atoms with van der Waals surface area (Å²) < 4.78 is 1.96. The first-order chi connectivity index (χ1) is 6.33. The highest BCUT2D eigenvalue weighted by Crippen LogP contribution is 2.12. The van der Waals surface area contributed by atoms with E-state index in [1.807, 2.05) is 17.7 Å². The van der Waals surface area contributed by atoms with Crippen LogP contribution in [-0.4, -0.2) is 26.2 Å². The van der Waals surface area contributed by atoms with E-state index in [1.165, 1.54) is 0 Å². The lowest BCUT2D eigenvalue weighted by Crippen LogP contribution is -2.00. The van der Waals surface area contributed by atoms with Crippen LogP contribution in [0.4, 0.5) is 0 Å². The van der Waals surface area contributed by atoms with Crippen molar-refractivity contribution in [3.05, 3.63) is 24.3 Å². The van der Waals surface area contributed by atoms with Gasteiger partial charge in [0.2, 0.25) is 0 Å². The van der Waals surface area contributed by atoms with Gasteiger partial charge in [0, 0.05) is 19.7 Å². The van der Waals surface area contributed by atoms with E-state index in [4.69, 9.17) is 5.11 Å². The average Bonchev–Trinajstić information content (AvgIpc) is 2.46. The monoisotopic (exact) mass is 177 g/mol. The van der Waals surface area contributed by atoms with Gasteiger partial charge in [0.25, 0.3) is 0 Å². The quantitative estimate of drug-likeness (QED) is 0.726. The standard InChI is InChI=1S/C9H11N3O/c1-12-8-6-10-4-2-7(8)11-9(12)3-5-13/h2,4,6,13H,3,5H2,1H3. The third-order valence-corrected chi connectivity index (χ3v) is 2.11. The lowest BCUT2D eigenvalue weighted by molar-refractivity contribution is 0.295. The van der Waals surface area contributed by atoms with Gasteiger partial charge in [0.05, 0.1) is 23.8 Å². The Bertz CT molecular complexity index is 422. The van der Waals surface area contributed by atoms with Crippen LogP contribution in [0.1, 0.15) is 5.82 Å². The summed E-state index contributed by atoms with van der Waals surface area (Å²) in [4.78, 5) is 8.39. The highest BCUT2D eigenvalue weighted by molar-refractivity contribution is 5.74. The molecule has 0 aliphatic heterocycles. The van der Waals surface area contributed by atoms with Crippen molar-refractivity contribution in [2.45, 2.75) is 6.42 Å². The summed E-state index contributed by atoms with van der Waals surface area (Å²) in [5, 5.41) is 8.80. The molecule has 0 unspecified atom stereocenters. The van der Waals surface area contributed by atoms with Crippen LogP contribution in [0.3, 0.4) is 0 Å². The number of nitrogens with zero attached hydrogens (tertiary/aromatic N) is 3. The zero-order chi connectivity index (χ0) is 9.26. The number of imidazole rings is 1. The molecule has 13 heavy (non-hydrogen) atoms. The minimum absolute atomic E-state index is 0.130. The van der Waals surface area contributed by atoms with Crippen molar-refractivity contribution in [1.29, 1.82) is 0 Å². The largest absolute Gasteiger partial charge is 0.396 e. The second-order valence-corrected chi connectivity index (χ2v) is 2.93. The number of aromatic nitrogens is 3. The Kier molecular flexibility index (Phi) is 1.98. The average molecular weight is 177 g/mol. The lowest BCUT2D eigenvalue weighted by atomic mass is 10.4. The van der Waals surface area contributed by atoms with E-state index in [0.29, 0.717) is 6.42 Å². The number of pyridine rings is 1. The molecule has 0 spiro atoms. The first-order valence-corrected chi connectivity index (χ1v) is 4.19. The van der Waals surface area contributed by atoms with Crippen LogP contribution in [0.25, 0.3) is 11.0 Å². The summed E-state index contributed by atoms with van der Waals surface area (Å²) in [7, 11) is 1.93. The number of hydrogen-bond donors (Lipinski definition) is 1. The van der Waals surface area contributed by atoms with Gasteiger partial charge in [-0.2, -0.15) is 0 Å². The van der Waals surface area contributed by atoms with Gasteiger partial charge in [0.1, 0.15) is 5.82 Å². The molecule has 4 nitrogen and oxygen atoms in total. The van der Waals surface area contributed by atoms with Gasteiger partial charge in [0.15, 0.2) is 0 Å². The molecule has 0 saturated heterocycles. The Hall–Kier alpha value is -1.42. The molecule has 0 saturated carbocycles. The topological polar surface area (TPSA) is 50.9 Å². The first kappa shape index (κ1) is 8.19. The third-order valence-electron chi connectivity index (χ3n) is 2.11. The maximum atomic E-state index is 8.80. The normalized spacial score (nSPS) is 10.9. The van der Waals surface area contributed by atoms with Crippen molar-refractivity contribution in [3.8, 4) is 0 Å². The Balaban J connectivity index is 2.60. The van der Waals surface area contributed by atoms with E-state index >= 15 is 0 Å². The lowest BCUT2D eigenvalue weighted by Gasteiger charge is -1.98. The molecule has 2 rings (SSSR count). The molecular formula is C9H11N3O. The highest BCUT2D eigenvalue weighted by Gasteiger charge is 2.05. The van der Waals surface area contributed by atoms with Crippen LogP contribution in [0.15, 0.2) is 18.5 Å². The minimum atomic E-state index is 0.130. The second kappa shape index (κ2) is 3.14. The summed E-state index contributed by atoms with van der Waals surface area (Å²) >= 11 is 0. The minimum Gasteiger partial charge on any atom is -0.396 e. The molecule has 0 aliphatic carbocycles. The summed E-state index contributed by atoms with van der Waals surface area (Å²) in [5.74, 6) is 0.894. The molecule has 0 aliphatic rings. The fourth-order valence-electron chi connectivity index (χ4n) is 1.41. The first-order valence-electron chi connectivity index (χ1n) is 4.19. The van der Waals surface area contributed by atoms with Crippen LogP contribution < -0.4 is 0 Å². The third kappa shape index (κ3) is 1.29. The van der Waals surface area contributed by atoms with Crippen LogP contribution in [0.5, 0.6) is 0 Å². The van der Waals surface area contributed by atoms with Crippen LogP contribution in [0.2, 0.25) is 0 Å². The number of aliphatic hydroxyl groups is 1. The van der Waals surface area contributed by atoms with Crippen LogP contribution in [0, 0.1) is 0 Å². The van der Waals surface area contributed by atoms with E-state index < -0.39 is 0 Å². The molecule has 0 aromatic carbocycles. The van der Waals surface area contributed by atoms with E-state index in [-0.39, 0.29) is 6.61 Å². The molecule has 0 atom stereocenters. The van der Waals surface area contributed by atoms with Crippen molar-refractivity contribution in [1.82, 2.24) is 14.5 Å². The predicted octanol–water partition coefficient (Wildman–Crippen LogP) is 0.503. The number of rotatable bonds is 2. The number of aliphatic hydroxyl groups excluding tert-OH is 1. The molecule has 0 amide bonds. The molecule has 68 valence electrons. The SMILES string of the molecule is Cn1c(CCO)nc2ccncc21. The Morgan fingerprint density at radius 1 is 1.54 bits per heavy atom. The molecule has 2 aromatic rings. The van der Waals surface area contributed by atoms with E-state index in [1.54, 1.807) is 12.4 Å². The summed E-state index contributed by atoms with van der Waals surface area (Å²) in [6.45, 7) is 0.130. The zero-order valence-electron chi connectivity index (χ0n) is 7.44. The fraction of sp³-hybridized carbons (Fsp3) is 0.333. The van der Waals surface area contributed by atoms with E-state index in [2.05, 4.69) is 9.97 Å². The number of aryl methyl sites for hydroxylation is 1. The molecule has 0 fully saturated rings. The van der Waals surface area contributed by atoms with Crippen molar-refractivity contribution < 1.29 is 5.11 Å². The van der Waals surface area contributed by atoms with Gasteiger partial charge in [-0.15, -0.1) is 0 Å². The fourth-order valence-corrected chi connectivity index (χ4v) is 1.41. The highest BCUT2D eigenvalue weighted by atomic mass is 16.3. The maximum Gasteiger partial charge on any atom is 0.111 e. The van der Waals surface area contributed by atoms with Gasteiger partial charge >= 0.3 is 0 Å². The maximum absolute atomic E-state index is 8.80. The van der Waals surface area contributed by atoms with Gasteiger partial charge < -0.3 is 9.67 Å². The van der Waals surface area contributed by atoms with Gasteiger partial charge in [-0.05, 0) is 6.07 Å². The van der Waals surface area contributed by atoms with Crippen LogP contribution in [-0.2, 0) is 13.5 Å². The van der Waals surface area contributed by atoms with E-state index in [0.717, 1.165) is 16.9 Å². The van der Waals surface area contributed by atoms with Gasteiger partial charge in [-0.25, -0.2) is 4.98 Å². The predicted molar refractivity (Wildman–Crippen MR) is 49.3 cm³/mol. The molecule has 1 N–H and O–H groups in total. The smallest absolute Gasteiger partial charge is 0.111 e. The van der Waals surface area contributed by atoms with Crippen molar-refractivity contribution in [3.63, 3.8) is 0 Å². The second-order valence-electron chi connectivity index (χ2n) is 2.93. The van der Waals surface area contributed by atoms with Gasteiger partial charge in [-0.1, -0.05) is 0 Å². The van der Waals surface area contributed by atoms with Crippen LogP contribution >= 0.6 is 0 Å². The van der Waals surface area contributed by atoms with Crippen molar-refractivity contribution in [2.75, 3.05) is 6.61 Å². The zero-order valence-corrected chi connectivity index (χ0v) is 7.44. The summed E-state index contributed by atoms with van der Waals surface area (Å²) in [5.41, 5.74) is 1.94. The Morgan fingerprint density at radius 2 is 2.38 bits per heavy atom. The molecule has 2 heterocycles.